The summed E-state index contributed by atoms with van der Waals surface area (Å²) in [7, 11) is 0. The first-order chi connectivity index (χ1) is 10.7. The average Bonchev–Trinajstić information content (AvgIpc) is 2.97. The molecular formula is C19H23ClN2. The lowest BCUT2D eigenvalue weighted by atomic mass is 10.1. The highest BCUT2D eigenvalue weighted by Crippen LogP contribution is 2.17. The van der Waals surface area contributed by atoms with Gasteiger partial charge in [-0.1, -0.05) is 54.1 Å². The number of halogens is 1. The monoisotopic (exact) mass is 314 g/mol. The molecule has 1 aliphatic rings. The van der Waals surface area contributed by atoms with E-state index in [1.165, 1.54) is 24.1 Å². The molecule has 0 saturated carbocycles. The number of hydrogen-bond donors (Lipinski definition) is 1. The predicted octanol–water partition coefficient (Wildman–Crippen LogP) is 4.01. The van der Waals surface area contributed by atoms with Gasteiger partial charge >= 0.3 is 0 Å². The topological polar surface area (TPSA) is 15.3 Å². The molecule has 1 saturated heterocycles. The number of rotatable bonds is 5. The van der Waals surface area contributed by atoms with Crippen molar-refractivity contribution in [3.05, 3.63) is 70.2 Å². The smallest absolute Gasteiger partial charge is 0.0435 e. The van der Waals surface area contributed by atoms with E-state index in [1.807, 2.05) is 6.07 Å². The fourth-order valence-corrected chi connectivity index (χ4v) is 3.18. The fraction of sp³-hybridized carbons (Fsp3) is 0.368. The Balaban J connectivity index is 1.47. The average molecular weight is 315 g/mol. The van der Waals surface area contributed by atoms with E-state index in [2.05, 4.69) is 59.6 Å². The number of benzene rings is 2. The maximum Gasteiger partial charge on any atom is 0.0435 e. The normalized spacial score (nSPS) is 18.7. The van der Waals surface area contributed by atoms with Gasteiger partial charge in [0.05, 0.1) is 0 Å². The van der Waals surface area contributed by atoms with Gasteiger partial charge < -0.3 is 5.32 Å². The van der Waals surface area contributed by atoms with Crippen LogP contribution in [0.5, 0.6) is 0 Å². The molecule has 0 spiro atoms. The van der Waals surface area contributed by atoms with Crippen LogP contribution in [0.2, 0.25) is 5.02 Å². The van der Waals surface area contributed by atoms with E-state index in [0.29, 0.717) is 6.04 Å². The molecule has 22 heavy (non-hydrogen) atoms. The minimum Gasteiger partial charge on any atom is -0.309 e. The molecule has 1 N–H and O–H groups in total. The summed E-state index contributed by atoms with van der Waals surface area (Å²) in [6, 6.07) is 17.6. The molecule has 1 unspecified atom stereocenters. The Morgan fingerprint density at radius 3 is 2.73 bits per heavy atom. The number of nitrogens with zero attached hydrogens (tertiary/aromatic N) is 1. The van der Waals surface area contributed by atoms with Crippen molar-refractivity contribution >= 4 is 11.6 Å². The van der Waals surface area contributed by atoms with E-state index in [1.54, 1.807) is 0 Å². The molecule has 1 aliphatic heterocycles. The van der Waals surface area contributed by atoms with Gasteiger partial charge in [-0.2, -0.15) is 0 Å². The van der Waals surface area contributed by atoms with Gasteiger partial charge in [0.1, 0.15) is 0 Å². The first-order valence-electron chi connectivity index (χ1n) is 7.95. The van der Waals surface area contributed by atoms with Crippen LogP contribution in [0.25, 0.3) is 0 Å². The lowest BCUT2D eigenvalue weighted by Gasteiger charge is -2.17. The van der Waals surface area contributed by atoms with Gasteiger partial charge in [0.15, 0.2) is 0 Å². The van der Waals surface area contributed by atoms with E-state index in [-0.39, 0.29) is 0 Å². The van der Waals surface area contributed by atoms with Gasteiger partial charge in [0, 0.05) is 37.2 Å². The number of aryl methyl sites for hydroxylation is 1. The lowest BCUT2D eigenvalue weighted by Crippen LogP contribution is -2.31. The summed E-state index contributed by atoms with van der Waals surface area (Å²) in [5, 5.41) is 4.52. The second-order valence-corrected chi connectivity index (χ2v) is 6.58. The van der Waals surface area contributed by atoms with Crippen LogP contribution in [0.3, 0.4) is 0 Å². The maximum absolute atomic E-state index is 6.08. The summed E-state index contributed by atoms with van der Waals surface area (Å²) in [5.41, 5.74) is 3.86. The first-order valence-corrected chi connectivity index (χ1v) is 8.33. The van der Waals surface area contributed by atoms with Crippen molar-refractivity contribution in [1.29, 1.82) is 0 Å². The predicted molar refractivity (Wildman–Crippen MR) is 93.2 cm³/mol. The van der Waals surface area contributed by atoms with Gasteiger partial charge in [0.2, 0.25) is 0 Å². The number of nitrogens with one attached hydrogen (secondary N) is 1. The summed E-state index contributed by atoms with van der Waals surface area (Å²) in [6.07, 6.45) is 1.22. The van der Waals surface area contributed by atoms with E-state index in [0.717, 1.165) is 30.2 Å². The van der Waals surface area contributed by atoms with Crippen molar-refractivity contribution in [2.45, 2.75) is 32.5 Å². The molecule has 3 rings (SSSR count). The second-order valence-electron chi connectivity index (χ2n) is 6.17. The second kappa shape index (κ2) is 7.28. The highest BCUT2D eigenvalue weighted by molar-refractivity contribution is 6.31. The van der Waals surface area contributed by atoms with Gasteiger partial charge in [-0.25, -0.2) is 0 Å². The van der Waals surface area contributed by atoms with Crippen molar-refractivity contribution in [3.8, 4) is 0 Å². The molecular weight excluding hydrogens is 292 g/mol. The zero-order valence-corrected chi connectivity index (χ0v) is 13.8. The van der Waals surface area contributed by atoms with Crippen LogP contribution >= 0.6 is 11.6 Å². The Bertz CT molecular complexity index is 612. The highest BCUT2D eigenvalue weighted by atomic mass is 35.5. The Morgan fingerprint density at radius 1 is 1.14 bits per heavy atom. The van der Waals surface area contributed by atoms with Gasteiger partial charge in [-0.05, 0) is 36.1 Å². The molecule has 1 fully saturated rings. The fourth-order valence-electron chi connectivity index (χ4n) is 3.06. The Labute approximate surface area is 138 Å². The Morgan fingerprint density at radius 2 is 1.95 bits per heavy atom. The lowest BCUT2D eigenvalue weighted by molar-refractivity contribution is 0.320. The van der Waals surface area contributed by atoms with Gasteiger partial charge in [-0.3, -0.25) is 4.90 Å². The van der Waals surface area contributed by atoms with Crippen molar-refractivity contribution in [1.82, 2.24) is 10.2 Å². The molecule has 1 atom stereocenters. The zero-order valence-electron chi connectivity index (χ0n) is 13.1. The third-order valence-electron chi connectivity index (χ3n) is 4.34. The van der Waals surface area contributed by atoms with Crippen LogP contribution < -0.4 is 5.32 Å². The minimum absolute atomic E-state index is 0.583. The third kappa shape index (κ3) is 4.10. The van der Waals surface area contributed by atoms with E-state index < -0.39 is 0 Å². The Hall–Kier alpha value is -1.35. The van der Waals surface area contributed by atoms with Crippen molar-refractivity contribution in [3.63, 3.8) is 0 Å². The van der Waals surface area contributed by atoms with Crippen molar-refractivity contribution < 1.29 is 0 Å². The van der Waals surface area contributed by atoms with Crippen molar-refractivity contribution in [2.75, 3.05) is 13.1 Å². The molecule has 0 radical (unpaired) electrons. The van der Waals surface area contributed by atoms with Crippen LogP contribution in [0.15, 0.2) is 48.5 Å². The molecule has 0 amide bonds. The summed E-state index contributed by atoms with van der Waals surface area (Å²) in [4.78, 5) is 2.53. The maximum atomic E-state index is 6.08. The van der Waals surface area contributed by atoms with Crippen molar-refractivity contribution in [2.24, 2.45) is 0 Å². The van der Waals surface area contributed by atoms with Crippen LogP contribution in [-0.4, -0.2) is 24.0 Å². The first kappa shape index (κ1) is 15.5. The minimum atomic E-state index is 0.583. The number of likely N-dealkylation sites (tertiary alicyclic amines) is 1. The summed E-state index contributed by atoms with van der Waals surface area (Å²) in [5.74, 6) is 0. The summed E-state index contributed by atoms with van der Waals surface area (Å²) < 4.78 is 0. The molecule has 1 heterocycles. The van der Waals surface area contributed by atoms with Crippen LogP contribution in [0.1, 0.15) is 23.1 Å². The van der Waals surface area contributed by atoms with Crippen LogP contribution in [0.4, 0.5) is 0 Å². The van der Waals surface area contributed by atoms with Crippen LogP contribution in [-0.2, 0) is 13.1 Å². The molecule has 2 aromatic carbocycles. The molecule has 0 aromatic heterocycles. The molecule has 0 bridgehead atoms. The molecule has 116 valence electrons. The summed E-state index contributed by atoms with van der Waals surface area (Å²) >= 11 is 6.08. The number of hydrogen-bond acceptors (Lipinski definition) is 2. The summed E-state index contributed by atoms with van der Waals surface area (Å²) in [6.45, 7) is 6.33. The SMILES string of the molecule is Cc1cc(CNC2CCN(Cc3ccccc3)C2)ccc1Cl. The van der Waals surface area contributed by atoms with E-state index in [4.69, 9.17) is 11.6 Å². The molecule has 3 heteroatoms. The largest absolute Gasteiger partial charge is 0.309 e. The standard InChI is InChI=1S/C19H23ClN2/c1-15-11-17(7-8-19(15)20)12-21-18-9-10-22(14-18)13-16-5-3-2-4-6-16/h2-8,11,18,21H,9-10,12-14H2,1H3. The van der Waals surface area contributed by atoms with Gasteiger partial charge in [0.25, 0.3) is 0 Å². The quantitative estimate of drug-likeness (QED) is 0.897. The highest BCUT2D eigenvalue weighted by Gasteiger charge is 2.21. The molecule has 2 aromatic rings. The Kier molecular flexibility index (Phi) is 5.14. The van der Waals surface area contributed by atoms with Gasteiger partial charge in [-0.15, -0.1) is 0 Å². The van der Waals surface area contributed by atoms with E-state index >= 15 is 0 Å². The molecule has 0 aliphatic carbocycles. The van der Waals surface area contributed by atoms with E-state index in [9.17, 15) is 0 Å². The third-order valence-corrected chi connectivity index (χ3v) is 4.76. The zero-order chi connectivity index (χ0) is 15.4. The van der Waals surface area contributed by atoms with Crippen LogP contribution in [0, 0.1) is 6.92 Å². The molecule has 2 nitrogen and oxygen atoms in total.